The molecule has 1 aliphatic carbocycles. The van der Waals surface area contributed by atoms with Crippen molar-refractivity contribution in [3.05, 3.63) is 18.0 Å². The highest BCUT2D eigenvalue weighted by atomic mass is 15.3. The van der Waals surface area contributed by atoms with E-state index in [0.29, 0.717) is 17.5 Å². The first kappa shape index (κ1) is 10.7. The third kappa shape index (κ3) is 1.81. The molecule has 0 aliphatic heterocycles. The van der Waals surface area contributed by atoms with Crippen molar-refractivity contribution in [1.29, 1.82) is 0 Å². The number of aryl methyl sites for hydroxylation is 1. The van der Waals surface area contributed by atoms with Crippen LogP contribution in [0.5, 0.6) is 0 Å². The molecule has 15 heavy (non-hydrogen) atoms. The Labute approximate surface area is 91.9 Å². The first-order valence-electron chi connectivity index (χ1n) is 5.72. The van der Waals surface area contributed by atoms with Crippen molar-refractivity contribution < 1.29 is 0 Å². The van der Waals surface area contributed by atoms with E-state index in [4.69, 9.17) is 0 Å². The van der Waals surface area contributed by atoms with Gasteiger partial charge in [-0.25, -0.2) is 0 Å². The normalized spacial score (nSPS) is 29.6. The lowest BCUT2D eigenvalue weighted by Crippen LogP contribution is -2.40. The van der Waals surface area contributed by atoms with Crippen molar-refractivity contribution in [2.75, 3.05) is 7.05 Å². The van der Waals surface area contributed by atoms with Gasteiger partial charge in [0, 0.05) is 12.2 Å². The van der Waals surface area contributed by atoms with Crippen LogP contribution in [0.15, 0.2) is 12.4 Å². The lowest BCUT2D eigenvalue weighted by molar-refractivity contribution is 0.253. The summed E-state index contributed by atoms with van der Waals surface area (Å²) in [5, 5.41) is 7.89. The Bertz CT molecular complexity index is 340. The lowest BCUT2D eigenvalue weighted by Gasteiger charge is -2.30. The quantitative estimate of drug-likeness (QED) is 0.805. The fourth-order valence-corrected chi connectivity index (χ4v) is 2.85. The van der Waals surface area contributed by atoms with Crippen molar-refractivity contribution >= 4 is 0 Å². The predicted molar refractivity (Wildman–Crippen MR) is 61.9 cm³/mol. The molecule has 1 aromatic rings. The van der Waals surface area contributed by atoms with Crippen molar-refractivity contribution in [2.24, 2.45) is 5.41 Å². The van der Waals surface area contributed by atoms with E-state index in [9.17, 15) is 0 Å². The summed E-state index contributed by atoms with van der Waals surface area (Å²) in [4.78, 5) is 0. The molecule has 0 spiro atoms. The molecular weight excluding hydrogens is 186 g/mol. The molecule has 1 aliphatic rings. The number of nitrogens with zero attached hydrogens (tertiary/aromatic N) is 2. The summed E-state index contributed by atoms with van der Waals surface area (Å²) in [6.45, 7) is 6.77. The van der Waals surface area contributed by atoms with Crippen LogP contribution in [0.3, 0.4) is 0 Å². The van der Waals surface area contributed by atoms with Gasteiger partial charge in [0.05, 0.1) is 12.2 Å². The third-order valence-corrected chi connectivity index (χ3v) is 3.69. The van der Waals surface area contributed by atoms with E-state index in [1.54, 1.807) is 0 Å². The molecule has 3 nitrogen and oxygen atoms in total. The van der Waals surface area contributed by atoms with Gasteiger partial charge in [-0.05, 0) is 37.8 Å². The van der Waals surface area contributed by atoms with Crippen LogP contribution in [0.1, 0.15) is 38.3 Å². The zero-order valence-electron chi connectivity index (χ0n) is 10.1. The third-order valence-electron chi connectivity index (χ3n) is 3.69. The zero-order chi connectivity index (χ0) is 11.1. The highest BCUT2D eigenvalue weighted by Crippen LogP contribution is 2.43. The molecule has 0 saturated heterocycles. The average Bonchev–Trinajstić information content (AvgIpc) is 2.69. The molecule has 1 saturated carbocycles. The van der Waals surface area contributed by atoms with Crippen molar-refractivity contribution in [2.45, 2.75) is 45.7 Å². The summed E-state index contributed by atoms with van der Waals surface area (Å²) in [6, 6.07) is 1.04. The first-order chi connectivity index (χ1) is 7.04. The second kappa shape index (κ2) is 3.63. The number of hydrogen-bond donors (Lipinski definition) is 1. The first-order valence-corrected chi connectivity index (χ1v) is 5.72. The second-order valence-corrected chi connectivity index (χ2v) is 5.36. The lowest BCUT2D eigenvalue weighted by atomic mass is 9.86. The Balaban J connectivity index is 2.24. The molecule has 1 N–H and O–H groups in total. The minimum Gasteiger partial charge on any atom is -0.314 e. The molecule has 3 heteroatoms. The average molecular weight is 207 g/mol. The summed E-state index contributed by atoms with van der Waals surface area (Å²) in [5.41, 5.74) is 1.62. The van der Waals surface area contributed by atoms with E-state index in [2.05, 4.69) is 49.1 Å². The van der Waals surface area contributed by atoms with Gasteiger partial charge in [0.1, 0.15) is 0 Å². The summed E-state index contributed by atoms with van der Waals surface area (Å²) in [5.74, 6) is 0. The highest BCUT2D eigenvalue weighted by molar-refractivity contribution is 5.05. The summed E-state index contributed by atoms with van der Waals surface area (Å²) in [6.07, 6.45) is 6.58. The number of hydrogen-bond acceptors (Lipinski definition) is 2. The Hall–Kier alpha value is -0.830. The van der Waals surface area contributed by atoms with Gasteiger partial charge in [0.25, 0.3) is 0 Å². The summed E-state index contributed by atoms with van der Waals surface area (Å²) in [7, 11) is 2.06. The van der Waals surface area contributed by atoms with Crippen LogP contribution in [0.4, 0.5) is 0 Å². The van der Waals surface area contributed by atoms with Gasteiger partial charge in [0.2, 0.25) is 0 Å². The Morgan fingerprint density at radius 2 is 2.27 bits per heavy atom. The maximum absolute atomic E-state index is 4.44. The fraction of sp³-hybridized carbons (Fsp3) is 0.750. The van der Waals surface area contributed by atoms with Gasteiger partial charge in [-0.3, -0.25) is 4.68 Å². The van der Waals surface area contributed by atoms with E-state index in [-0.39, 0.29) is 0 Å². The molecule has 1 heterocycles. The maximum atomic E-state index is 4.44. The highest BCUT2D eigenvalue weighted by Gasteiger charge is 2.42. The zero-order valence-corrected chi connectivity index (χ0v) is 10.1. The van der Waals surface area contributed by atoms with E-state index in [1.165, 1.54) is 18.4 Å². The van der Waals surface area contributed by atoms with Crippen molar-refractivity contribution in [3.63, 3.8) is 0 Å². The molecule has 0 aromatic carbocycles. The standard InChI is InChI=1S/C12H21N3/c1-9-7-14-15(8-9)10-5-6-12(2,3)11(10)13-4/h7-8,10-11,13H,5-6H2,1-4H3. The molecule has 2 atom stereocenters. The maximum Gasteiger partial charge on any atom is 0.0677 e. The number of aromatic nitrogens is 2. The van der Waals surface area contributed by atoms with Gasteiger partial charge >= 0.3 is 0 Å². The van der Waals surface area contributed by atoms with Gasteiger partial charge in [-0.2, -0.15) is 5.10 Å². The van der Waals surface area contributed by atoms with Gasteiger partial charge < -0.3 is 5.32 Å². The molecule has 0 bridgehead atoms. The Morgan fingerprint density at radius 3 is 2.80 bits per heavy atom. The van der Waals surface area contributed by atoms with E-state index in [0.717, 1.165) is 0 Å². The largest absolute Gasteiger partial charge is 0.314 e. The summed E-state index contributed by atoms with van der Waals surface area (Å²) >= 11 is 0. The minimum atomic E-state index is 0.374. The molecule has 1 aromatic heterocycles. The molecule has 0 amide bonds. The smallest absolute Gasteiger partial charge is 0.0677 e. The molecule has 0 radical (unpaired) electrons. The van der Waals surface area contributed by atoms with Crippen LogP contribution in [-0.4, -0.2) is 22.9 Å². The van der Waals surface area contributed by atoms with Crippen molar-refractivity contribution in [3.8, 4) is 0 Å². The van der Waals surface area contributed by atoms with Crippen LogP contribution in [0.25, 0.3) is 0 Å². The topological polar surface area (TPSA) is 29.9 Å². The predicted octanol–water partition coefficient (Wildman–Crippen LogP) is 2.14. The van der Waals surface area contributed by atoms with Gasteiger partial charge in [-0.1, -0.05) is 13.8 Å². The number of likely N-dealkylation sites (N-methyl/N-ethyl adjacent to an activating group) is 1. The molecule has 84 valence electrons. The summed E-state index contributed by atoms with van der Waals surface area (Å²) < 4.78 is 2.13. The van der Waals surface area contributed by atoms with Gasteiger partial charge in [0.15, 0.2) is 0 Å². The van der Waals surface area contributed by atoms with Crippen molar-refractivity contribution in [1.82, 2.24) is 15.1 Å². The molecular formula is C12H21N3. The molecule has 2 unspecified atom stereocenters. The van der Waals surface area contributed by atoms with Gasteiger partial charge in [-0.15, -0.1) is 0 Å². The van der Waals surface area contributed by atoms with E-state index in [1.807, 2.05) is 6.20 Å². The number of rotatable bonds is 2. The molecule has 1 fully saturated rings. The monoisotopic (exact) mass is 207 g/mol. The van der Waals surface area contributed by atoms with E-state index < -0.39 is 0 Å². The Kier molecular flexibility index (Phi) is 2.59. The van der Waals surface area contributed by atoms with Crippen LogP contribution in [-0.2, 0) is 0 Å². The Morgan fingerprint density at radius 1 is 1.53 bits per heavy atom. The van der Waals surface area contributed by atoms with E-state index >= 15 is 0 Å². The van der Waals surface area contributed by atoms with Crippen LogP contribution in [0.2, 0.25) is 0 Å². The SMILES string of the molecule is CNC1C(n2cc(C)cn2)CCC1(C)C. The number of nitrogens with one attached hydrogen (secondary N) is 1. The molecule has 2 rings (SSSR count). The van der Waals surface area contributed by atoms with Crippen LogP contribution >= 0.6 is 0 Å². The van der Waals surface area contributed by atoms with Crippen LogP contribution in [0, 0.1) is 12.3 Å². The second-order valence-electron chi connectivity index (χ2n) is 5.36. The van der Waals surface area contributed by atoms with Crippen LogP contribution < -0.4 is 5.32 Å². The fourth-order valence-electron chi connectivity index (χ4n) is 2.85. The minimum absolute atomic E-state index is 0.374.